The molecule has 0 nitrogen and oxygen atoms in total. The van der Waals surface area contributed by atoms with E-state index in [0.29, 0.717) is 5.41 Å². The van der Waals surface area contributed by atoms with Gasteiger partial charge in [0.05, 0.1) is 0 Å². The van der Waals surface area contributed by atoms with Gasteiger partial charge in [0.2, 0.25) is 0 Å². The van der Waals surface area contributed by atoms with E-state index in [1.54, 1.807) is 0 Å². The first kappa shape index (κ1) is 22.0. The summed E-state index contributed by atoms with van der Waals surface area (Å²) >= 11 is 0. The van der Waals surface area contributed by atoms with Gasteiger partial charge in [0.15, 0.2) is 0 Å². The lowest BCUT2D eigenvalue weighted by Gasteiger charge is -2.47. The van der Waals surface area contributed by atoms with Gasteiger partial charge in [-0.1, -0.05) is 100 Å². The standard InChI is InChI=1S/C22H46/c1-9-13-17-22(8,16-12-4)21(18(5)6)20(15-11-3)19(7)14-10-2/h18-21H,9-17H2,1-8H3. The van der Waals surface area contributed by atoms with Crippen molar-refractivity contribution in [3.05, 3.63) is 0 Å². The lowest BCUT2D eigenvalue weighted by molar-refractivity contribution is 0.0212. The Hall–Kier alpha value is 0. The Morgan fingerprint density at radius 2 is 1.32 bits per heavy atom. The zero-order chi connectivity index (χ0) is 17.2. The molecule has 0 aromatic carbocycles. The summed E-state index contributed by atoms with van der Waals surface area (Å²) in [4.78, 5) is 0. The van der Waals surface area contributed by atoms with E-state index in [2.05, 4.69) is 55.4 Å². The van der Waals surface area contributed by atoms with Gasteiger partial charge in [0.25, 0.3) is 0 Å². The molecule has 0 aromatic rings. The van der Waals surface area contributed by atoms with Crippen LogP contribution in [-0.4, -0.2) is 0 Å². The Morgan fingerprint density at radius 3 is 1.73 bits per heavy atom. The van der Waals surface area contributed by atoms with Crippen LogP contribution < -0.4 is 0 Å². The highest BCUT2D eigenvalue weighted by Gasteiger charge is 2.40. The van der Waals surface area contributed by atoms with Crippen molar-refractivity contribution in [2.45, 2.75) is 113 Å². The summed E-state index contributed by atoms with van der Waals surface area (Å²) < 4.78 is 0. The molecule has 0 heteroatoms. The molecule has 0 saturated carbocycles. The number of rotatable bonds is 13. The lowest BCUT2D eigenvalue weighted by atomic mass is 9.58. The Labute approximate surface area is 142 Å². The van der Waals surface area contributed by atoms with Crippen molar-refractivity contribution in [1.82, 2.24) is 0 Å². The summed E-state index contributed by atoms with van der Waals surface area (Å²) in [7, 11) is 0. The predicted octanol–water partition coefficient (Wildman–Crippen LogP) is 8.11. The Morgan fingerprint density at radius 1 is 0.727 bits per heavy atom. The van der Waals surface area contributed by atoms with Crippen LogP contribution in [0.5, 0.6) is 0 Å². The van der Waals surface area contributed by atoms with Crippen molar-refractivity contribution in [1.29, 1.82) is 0 Å². The van der Waals surface area contributed by atoms with Crippen molar-refractivity contribution in [2.24, 2.45) is 29.1 Å². The molecule has 0 amide bonds. The summed E-state index contributed by atoms with van der Waals surface area (Å²) in [5.74, 6) is 3.50. The quantitative estimate of drug-likeness (QED) is 0.322. The molecule has 0 bridgehead atoms. The average Bonchev–Trinajstić information content (AvgIpc) is 2.44. The molecular formula is C22H46. The van der Waals surface area contributed by atoms with E-state index >= 15 is 0 Å². The maximum Gasteiger partial charge on any atom is -0.0292 e. The third-order valence-electron chi connectivity index (χ3n) is 6.00. The van der Waals surface area contributed by atoms with Crippen molar-refractivity contribution in [2.75, 3.05) is 0 Å². The maximum absolute atomic E-state index is 2.62. The molecule has 0 aliphatic rings. The Bertz CT molecular complexity index is 255. The lowest BCUT2D eigenvalue weighted by Crippen LogP contribution is -2.39. The summed E-state index contributed by atoms with van der Waals surface area (Å²) in [6, 6.07) is 0. The minimum absolute atomic E-state index is 0.542. The van der Waals surface area contributed by atoms with Crippen molar-refractivity contribution in [3.63, 3.8) is 0 Å². The molecule has 0 aliphatic heterocycles. The molecule has 0 N–H and O–H groups in total. The second-order valence-corrected chi connectivity index (χ2v) is 8.50. The normalized spacial score (nSPS) is 19.0. The van der Waals surface area contributed by atoms with E-state index in [0.717, 1.165) is 23.7 Å². The molecular weight excluding hydrogens is 264 g/mol. The van der Waals surface area contributed by atoms with Crippen LogP contribution in [0.2, 0.25) is 0 Å². The van der Waals surface area contributed by atoms with E-state index in [1.165, 1.54) is 57.8 Å². The molecule has 0 spiro atoms. The average molecular weight is 311 g/mol. The molecule has 0 saturated heterocycles. The van der Waals surface area contributed by atoms with Crippen molar-refractivity contribution < 1.29 is 0 Å². The molecule has 4 atom stereocenters. The number of hydrogen-bond donors (Lipinski definition) is 0. The van der Waals surface area contributed by atoms with E-state index in [4.69, 9.17) is 0 Å². The summed E-state index contributed by atoms with van der Waals surface area (Å²) in [6.45, 7) is 19.6. The molecule has 22 heavy (non-hydrogen) atoms. The monoisotopic (exact) mass is 310 g/mol. The second kappa shape index (κ2) is 11.5. The smallest absolute Gasteiger partial charge is 0.0292 e. The minimum Gasteiger partial charge on any atom is -0.0654 e. The SMILES string of the molecule is CCCCC(C)(CCC)C(C(C)C)C(CCC)C(C)CCC. The predicted molar refractivity (Wildman–Crippen MR) is 103 cm³/mol. The van der Waals surface area contributed by atoms with Gasteiger partial charge in [-0.3, -0.25) is 0 Å². The third kappa shape index (κ3) is 6.63. The van der Waals surface area contributed by atoms with Gasteiger partial charge in [-0.15, -0.1) is 0 Å². The topological polar surface area (TPSA) is 0 Å². The highest BCUT2D eigenvalue weighted by Crippen LogP contribution is 2.49. The summed E-state index contributed by atoms with van der Waals surface area (Å²) in [6.07, 6.45) is 12.4. The second-order valence-electron chi connectivity index (χ2n) is 8.50. The van der Waals surface area contributed by atoms with Crippen LogP contribution in [0.15, 0.2) is 0 Å². The molecule has 0 radical (unpaired) electrons. The third-order valence-corrected chi connectivity index (χ3v) is 6.00. The van der Waals surface area contributed by atoms with Gasteiger partial charge in [0.1, 0.15) is 0 Å². The number of unbranched alkanes of at least 4 members (excludes halogenated alkanes) is 1. The van der Waals surface area contributed by atoms with Gasteiger partial charge in [-0.2, -0.15) is 0 Å². The van der Waals surface area contributed by atoms with Crippen LogP contribution in [0.3, 0.4) is 0 Å². The highest BCUT2D eigenvalue weighted by molar-refractivity contribution is 4.90. The molecule has 0 rings (SSSR count). The van der Waals surface area contributed by atoms with Crippen LogP contribution in [0.1, 0.15) is 113 Å². The molecule has 0 fully saturated rings. The van der Waals surface area contributed by atoms with Gasteiger partial charge in [-0.25, -0.2) is 0 Å². The fourth-order valence-electron chi connectivity index (χ4n) is 5.25. The van der Waals surface area contributed by atoms with Crippen molar-refractivity contribution >= 4 is 0 Å². The zero-order valence-electron chi connectivity index (χ0n) is 17.2. The molecule has 4 unspecified atom stereocenters. The van der Waals surface area contributed by atoms with E-state index < -0.39 is 0 Å². The van der Waals surface area contributed by atoms with Gasteiger partial charge < -0.3 is 0 Å². The minimum atomic E-state index is 0.542. The molecule has 0 aliphatic carbocycles. The first-order valence-electron chi connectivity index (χ1n) is 10.4. The summed E-state index contributed by atoms with van der Waals surface area (Å²) in [5.41, 5.74) is 0.542. The van der Waals surface area contributed by atoms with Gasteiger partial charge >= 0.3 is 0 Å². The van der Waals surface area contributed by atoms with Crippen LogP contribution in [0.4, 0.5) is 0 Å². The molecule has 0 aromatic heterocycles. The number of hydrogen-bond acceptors (Lipinski definition) is 0. The van der Waals surface area contributed by atoms with Crippen molar-refractivity contribution in [3.8, 4) is 0 Å². The Balaban J connectivity index is 5.46. The fraction of sp³-hybridized carbons (Fsp3) is 1.00. The molecule has 0 heterocycles. The Kier molecular flexibility index (Phi) is 11.5. The first-order valence-corrected chi connectivity index (χ1v) is 10.4. The fourth-order valence-corrected chi connectivity index (χ4v) is 5.25. The van der Waals surface area contributed by atoms with E-state index in [9.17, 15) is 0 Å². The van der Waals surface area contributed by atoms with Gasteiger partial charge in [-0.05, 0) is 41.9 Å². The highest BCUT2D eigenvalue weighted by atomic mass is 14.5. The summed E-state index contributed by atoms with van der Waals surface area (Å²) in [5, 5.41) is 0. The zero-order valence-corrected chi connectivity index (χ0v) is 17.2. The molecule has 134 valence electrons. The largest absolute Gasteiger partial charge is 0.0654 e. The van der Waals surface area contributed by atoms with Crippen LogP contribution in [0.25, 0.3) is 0 Å². The van der Waals surface area contributed by atoms with Crippen LogP contribution in [-0.2, 0) is 0 Å². The van der Waals surface area contributed by atoms with E-state index in [-0.39, 0.29) is 0 Å². The van der Waals surface area contributed by atoms with Gasteiger partial charge in [0, 0.05) is 0 Å². The maximum atomic E-state index is 2.62. The van der Waals surface area contributed by atoms with E-state index in [1.807, 2.05) is 0 Å². The van der Waals surface area contributed by atoms with Crippen LogP contribution >= 0.6 is 0 Å². The van der Waals surface area contributed by atoms with Crippen LogP contribution in [0, 0.1) is 29.1 Å². The first-order chi connectivity index (χ1) is 10.4.